The average Bonchev–Trinajstić information content (AvgIpc) is 2.77. The Labute approximate surface area is 95.4 Å². The molecular formula is C11H19N3O2. The van der Waals surface area contributed by atoms with Crippen molar-refractivity contribution in [2.45, 2.75) is 31.8 Å². The van der Waals surface area contributed by atoms with E-state index in [1.54, 1.807) is 6.20 Å². The molecule has 1 saturated heterocycles. The quantitative estimate of drug-likeness (QED) is 0.797. The zero-order valence-electron chi connectivity index (χ0n) is 9.65. The Morgan fingerprint density at radius 3 is 2.94 bits per heavy atom. The molecule has 5 nitrogen and oxygen atoms in total. The number of ether oxygens (including phenoxy) is 1. The molecule has 0 aromatic carbocycles. The van der Waals surface area contributed by atoms with Crippen molar-refractivity contribution in [1.29, 1.82) is 0 Å². The first-order chi connectivity index (χ1) is 7.79. The van der Waals surface area contributed by atoms with Gasteiger partial charge in [-0.2, -0.15) is 0 Å². The van der Waals surface area contributed by atoms with E-state index in [0.717, 1.165) is 25.3 Å². The maximum absolute atomic E-state index is 9.55. The fraction of sp³-hybridized carbons (Fsp3) is 0.727. The Morgan fingerprint density at radius 1 is 1.56 bits per heavy atom. The lowest BCUT2D eigenvalue weighted by atomic mass is 9.91. The highest BCUT2D eigenvalue weighted by atomic mass is 16.5. The van der Waals surface area contributed by atoms with E-state index in [0.29, 0.717) is 13.2 Å². The summed E-state index contributed by atoms with van der Waals surface area (Å²) in [4.78, 5) is 4.27. The van der Waals surface area contributed by atoms with Gasteiger partial charge >= 0.3 is 0 Å². The van der Waals surface area contributed by atoms with Crippen molar-refractivity contribution in [3.63, 3.8) is 0 Å². The Kier molecular flexibility index (Phi) is 3.46. The third-order valence-electron chi connectivity index (χ3n) is 3.19. The summed E-state index contributed by atoms with van der Waals surface area (Å²) in [7, 11) is 0. The molecule has 90 valence electrons. The van der Waals surface area contributed by atoms with Crippen LogP contribution in [0.15, 0.2) is 12.4 Å². The first kappa shape index (κ1) is 11.4. The van der Waals surface area contributed by atoms with Gasteiger partial charge in [-0.25, -0.2) is 4.98 Å². The van der Waals surface area contributed by atoms with Gasteiger partial charge in [0.25, 0.3) is 0 Å². The molecule has 1 fully saturated rings. The average molecular weight is 225 g/mol. The molecule has 1 aliphatic heterocycles. The number of aryl methyl sites for hydroxylation is 1. The van der Waals surface area contributed by atoms with Crippen molar-refractivity contribution in [3.8, 4) is 0 Å². The van der Waals surface area contributed by atoms with Gasteiger partial charge in [0.2, 0.25) is 5.95 Å². The molecule has 0 amide bonds. The van der Waals surface area contributed by atoms with E-state index < -0.39 is 0 Å². The fourth-order valence-corrected chi connectivity index (χ4v) is 2.01. The summed E-state index contributed by atoms with van der Waals surface area (Å²) in [6, 6.07) is 0. The molecule has 0 bridgehead atoms. The number of aromatic nitrogens is 2. The van der Waals surface area contributed by atoms with E-state index in [-0.39, 0.29) is 12.1 Å². The minimum atomic E-state index is -0.267. The predicted octanol–water partition coefficient (Wildman–Crippen LogP) is 0.856. The smallest absolute Gasteiger partial charge is 0.203 e. The Morgan fingerprint density at radius 2 is 2.31 bits per heavy atom. The first-order valence-electron chi connectivity index (χ1n) is 5.77. The molecule has 0 aliphatic carbocycles. The Hall–Kier alpha value is -1.07. The van der Waals surface area contributed by atoms with Crippen LogP contribution in [0.3, 0.4) is 0 Å². The molecule has 0 unspecified atom stereocenters. The second-order valence-electron chi connectivity index (χ2n) is 4.21. The standard InChI is InChI=1S/C11H19N3O2/c1-2-14-6-5-12-10(14)13-11(9-15)3-7-16-8-4-11/h5-6,15H,2-4,7-9H2,1H3,(H,12,13). The summed E-state index contributed by atoms with van der Waals surface area (Å²) < 4.78 is 7.36. The van der Waals surface area contributed by atoms with Gasteiger partial charge in [-0.1, -0.05) is 0 Å². The molecule has 1 aliphatic rings. The lowest BCUT2D eigenvalue weighted by molar-refractivity contribution is 0.0376. The van der Waals surface area contributed by atoms with Gasteiger partial charge in [-0.15, -0.1) is 0 Å². The van der Waals surface area contributed by atoms with Crippen molar-refractivity contribution < 1.29 is 9.84 Å². The van der Waals surface area contributed by atoms with E-state index in [4.69, 9.17) is 4.74 Å². The van der Waals surface area contributed by atoms with E-state index >= 15 is 0 Å². The maximum atomic E-state index is 9.55. The van der Waals surface area contributed by atoms with Gasteiger partial charge < -0.3 is 19.7 Å². The van der Waals surface area contributed by atoms with E-state index in [1.165, 1.54) is 0 Å². The highest BCUT2D eigenvalue weighted by Gasteiger charge is 2.32. The van der Waals surface area contributed by atoms with Crippen LogP contribution < -0.4 is 5.32 Å². The minimum Gasteiger partial charge on any atom is -0.394 e. The Balaban J connectivity index is 2.11. The van der Waals surface area contributed by atoms with Crippen molar-refractivity contribution >= 4 is 5.95 Å². The SMILES string of the molecule is CCn1ccnc1NC1(CO)CCOCC1. The second kappa shape index (κ2) is 4.84. The van der Waals surface area contributed by atoms with Crippen LogP contribution in [-0.4, -0.2) is 40.0 Å². The summed E-state index contributed by atoms with van der Waals surface area (Å²) in [6.07, 6.45) is 5.35. The molecule has 2 N–H and O–H groups in total. The highest BCUT2D eigenvalue weighted by molar-refractivity contribution is 5.31. The van der Waals surface area contributed by atoms with Gasteiger partial charge in [-0.05, 0) is 19.8 Å². The summed E-state index contributed by atoms with van der Waals surface area (Å²) in [5.41, 5.74) is -0.267. The number of imidazole rings is 1. The predicted molar refractivity (Wildman–Crippen MR) is 61.4 cm³/mol. The second-order valence-corrected chi connectivity index (χ2v) is 4.21. The van der Waals surface area contributed by atoms with Crippen LogP contribution in [0.5, 0.6) is 0 Å². The third kappa shape index (κ3) is 2.20. The third-order valence-corrected chi connectivity index (χ3v) is 3.19. The molecule has 1 aromatic rings. The number of nitrogens with zero attached hydrogens (tertiary/aromatic N) is 2. The highest BCUT2D eigenvalue weighted by Crippen LogP contribution is 2.24. The summed E-state index contributed by atoms with van der Waals surface area (Å²) in [6.45, 7) is 4.45. The molecule has 5 heteroatoms. The molecule has 16 heavy (non-hydrogen) atoms. The summed E-state index contributed by atoms with van der Waals surface area (Å²) in [5.74, 6) is 0.832. The zero-order valence-corrected chi connectivity index (χ0v) is 9.65. The van der Waals surface area contributed by atoms with Crippen LogP contribution in [0.25, 0.3) is 0 Å². The van der Waals surface area contributed by atoms with Crippen LogP contribution in [0, 0.1) is 0 Å². The van der Waals surface area contributed by atoms with Crippen molar-refractivity contribution in [2.75, 3.05) is 25.1 Å². The minimum absolute atomic E-state index is 0.118. The van der Waals surface area contributed by atoms with Crippen LogP contribution in [0.1, 0.15) is 19.8 Å². The summed E-state index contributed by atoms with van der Waals surface area (Å²) in [5, 5.41) is 12.9. The van der Waals surface area contributed by atoms with E-state index in [2.05, 4.69) is 17.2 Å². The van der Waals surface area contributed by atoms with Gasteiger partial charge in [0.05, 0.1) is 12.1 Å². The molecule has 0 atom stereocenters. The lowest BCUT2D eigenvalue weighted by Crippen LogP contribution is -2.47. The van der Waals surface area contributed by atoms with Crippen LogP contribution >= 0.6 is 0 Å². The van der Waals surface area contributed by atoms with E-state index in [1.807, 2.05) is 10.8 Å². The molecule has 0 radical (unpaired) electrons. The molecule has 2 heterocycles. The van der Waals surface area contributed by atoms with Gasteiger partial charge in [0.15, 0.2) is 0 Å². The van der Waals surface area contributed by atoms with Gasteiger partial charge in [-0.3, -0.25) is 0 Å². The molecule has 2 rings (SSSR count). The topological polar surface area (TPSA) is 59.3 Å². The maximum Gasteiger partial charge on any atom is 0.203 e. The molecule has 0 spiro atoms. The molecule has 1 aromatic heterocycles. The monoisotopic (exact) mass is 225 g/mol. The number of aliphatic hydroxyl groups excluding tert-OH is 1. The van der Waals surface area contributed by atoms with Crippen molar-refractivity contribution in [2.24, 2.45) is 0 Å². The van der Waals surface area contributed by atoms with Crippen molar-refractivity contribution in [3.05, 3.63) is 12.4 Å². The fourth-order valence-electron chi connectivity index (χ4n) is 2.01. The van der Waals surface area contributed by atoms with Crippen LogP contribution in [-0.2, 0) is 11.3 Å². The number of rotatable bonds is 4. The number of hydrogen-bond donors (Lipinski definition) is 2. The van der Waals surface area contributed by atoms with Gasteiger partial charge in [0.1, 0.15) is 0 Å². The molecule has 0 saturated carbocycles. The number of aliphatic hydroxyl groups is 1. The largest absolute Gasteiger partial charge is 0.394 e. The van der Waals surface area contributed by atoms with Crippen LogP contribution in [0.4, 0.5) is 5.95 Å². The number of anilines is 1. The van der Waals surface area contributed by atoms with Gasteiger partial charge in [0, 0.05) is 32.2 Å². The molecular weight excluding hydrogens is 206 g/mol. The van der Waals surface area contributed by atoms with Crippen LogP contribution in [0.2, 0.25) is 0 Å². The van der Waals surface area contributed by atoms with Crippen molar-refractivity contribution in [1.82, 2.24) is 9.55 Å². The number of hydrogen-bond acceptors (Lipinski definition) is 4. The zero-order chi connectivity index (χ0) is 11.4. The first-order valence-corrected chi connectivity index (χ1v) is 5.77. The summed E-state index contributed by atoms with van der Waals surface area (Å²) >= 11 is 0. The normalized spacial score (nSPS) is 19.6. The Bertz CT molecular complexity index is 332. The lowest BCUT2D eigenvalue weighted by Gasteiger charge is -2.36. The number of nitrogens with one attached hydrogen (secondary N) is 1. The van der Waals surface area contributed by atoms with E-state index in [9.17, 15) is 5.11 Å².